The minimum atomic E-state index is -2.58. The average Bonchev–Trinajstić information content (AvgIpc) is 1.88. The van der Waals surface area contributed by atoms with E-state index in [1.807, 2.05) is 6.92 Å². The molecule has 0 aliphatic heterocycles. The Morgan fingerprint density at radius 3 is 2.45 bits per heavy atom. The van der Waals surface area contributed by atoms with E-state index in [0.29, 0.717) is 12.8 Å². The summed E-state index contributed by atoms with van der Waals surface area (Å²) in [5, 5.41) is 0. The lowest BCUT2D eigenvalue weighted by atomic mass is 10.8. The fraction of sp³-hybridized carbons (Fsp3) is 0.714. The Morgan fingerprint density at radius 1 is 1.64 bits per heavy atom. The molecule has 0 aromatic rings. The summed E-state index contributed by atoms with van der Waals surface area (Å²) in [4.78, 5) is 0. The third-order valence-electron chi connectivity index (χ3n) is 1.30. The molecular formula is C7H16NO2P. The second kappa shape index (κ2) is 4.70. The average molecular weight is 177 g/mol. The van der Waals surface area contributed by atoms with Gasteiger partial charge in [-0.1, -0.05) is 6.08 Å². The number of hydrogen-bond donors (Lipinski definition) is 0. The number of hydrogen-bond acceptors (Lipinski definition) is 2. The molecule has 0 aliphatic rings. The van der Waals surface area contributed by atoms with Crippen molar-refractivity contribution in [1.82, 2.24) is 4.67 Å². The summed E-state index contributed by atoms with van der Waals surface area (Å²) >= 11 is 0. The Labute approximate surface area is 68.5 Å². The smallest absolute Gasteiger partial charge is 0.275 e. The van der Waals surface area contributed by atoms with E-state index in [4.69, 9.17) is 4.52 Å². The highest BCUT2D eigenvalue weighted by atomic mass is 31.2. The molecule has 0 amide bonds. The SMILES string of the molecule is C=CCP(=O)(OCC)N(C)C. The maximum atomic E-state index is 11.7. The summed E-state index contributed by atoms with van der Waals surface area (Å²) in [6.07, 6.45) is 2.03. The zero-order valence-corrected chi connectivity index (χ0v) is 8.30. The fourth-order valence-corrected chi connectivity index (χ4v) is 2.09. The molecule has 0 saturated heterocycles. The van der Waals surface area contributed by atoms with Gasteiger partial charge in [-0.2, -0.15) is 0 Å². The number of rotatable bonds is 5. The molecule has 4 heteroatoms. The van der Waals surface area contributed by atoms with Crippen LogP contribution in [0.25, 0.3) is 0 Å². The fourth-order valence-electron chi connectivity index (χ4n) is 0.696. The van der Waals surface area contributed by atoms with Gasteiger partial charge in [-0.25, -0.2) is 4.67 Å². The van der Waals surface area contributed by atoms with Gasteiger partial charge >= 0.3 is 0 Å². The molecule has 0 rings (SSSR count). The van der Waals surface area contributed by atoms with Gasteiger partial charge < -0.3 is 4.52 Å². The summed E-state index contributed by atoms with van der Waals surface area (Å²) in [5.74, 6) is 0. The van der Waals surface area contributed by atoms with Crippen LogP contribution in [0.2, 0.25) is 0 Å². The van der Waals surface area contributed by atoms with E-state index in [0.717, 1.165) is 0 Å². The molecule has 0 spiro atoms. The van der Waals surface area contributed by atoms with Crippen LogP contribution >= 0.6 is 7.52 Å². The molecule has 0 heterocycles. The van der Waals surface area contributed by atoms with E-state index in [-0.39, 0.29) is 0 Å². The third-order valence-corrected chi connectivity index (χ3v) is 3.90. The van der Waals surface area contributed by atoms with Crippen molar-refractivity contribution in [2.75, 3.05) is 26.9 Å². The van der Waals surface area contributed by atoms with Crippen molar-refractivity contribution >= 4 is 7.52 Å². The first-order valence-electron chi connectivity index (χ1n) is 3.59. The molecule has 3 nitrogen and oxygen atoms in total. The minimum Gasteiger partial charge on any atom is -0.317 e. The predicted molar refractivity (Wildman–Crippen MR) is 48.0 cm³/mol. The Hall–Kier alpha value is -0.110. The van der Waals surface area contributed by atoms with Crippen LogP contribution in [0, 0.1) is 0 Å². The highest BCUT2D eigenvalue weighted by Crippen LogP contribution is 2.48. The zero-order chi connectivity index (χ0) is 8.91. The molecule has 11 heavy (non-hydrogen) atoms. The Morgan fingerprint density at radius 2 is 2.18 bits per heavy atom. The molecule has 0 aromatic carbocycles. The standard InChI is InChI=1S/C7H16NO2P/c1-5-7-11(9,8(3)4)10-6-2/h5H,1,6-7H2,2-4H3. The summed E-state index contributed by atoms with van der Waals surface area (Å²) in [5.41, 5.74) is 0. The first-order chi connectivity index (χ1) is 5.06. The van der Waals surface area contributed by atoms with Crippen molar-refractivity contribution in [3.05, 3.63) is 12.7 Å². The topological polar surface area (TPSA) is 29.5 Å². The van der Waals surface area contributed by atoms with E-state index in [9.17, 15) is 4.57 Å². The lowest BCUT2D eigenvalue weighted by molar-refractivity contribution is 0.299. The van der Waals surface area contributed by atoms with Crippen LogP contribution in [-0.2, 0) is 9.09 Å². The zero-order valence-electron chi connectivity index (χ0n) is 7.41. The van der Waals surface area contributed by atoms with Crippen molar-refractivity contribution in [2.24, 2.45) is 0 Å². The van der Waals surface area contributed by atoms with Gasteiger partial charge in [0, 0.05) is 0 Å². The van der Waals surface area contributed by atoms with Gasteiger partial charge in [0.2, 0.25) is 0 Å². The van der Waals surface area contributed by atoms with Crippen molar-refractivity contribution in [2.45, 2.75) is 6.92 Å². The van der Waals surface area contributed by atoms with Crippen LogP contribution in [0.15, 0.2) is 12.7 Å². The van der Waals surface area contributed by atoms with E-state index < -0.39 is 7.52 Å². The second-order valence-corrected chi connectivity index (χ2v) is 5.07. The molecule has 0 bridgehead atoms. The maximum Gasteiger partial charge on any atom is 0.275 e. The third kappa shape index (κ3) is 3.19. The van der Waals surface area contributed by atoms with E-state index in [1.165, 1.54) is 0 Å². The lowest BCUT2D eigenvalue weighted by Crippen LogP contribution is -2.12. The highest BCUT2D eigenvalue weighted by Gasteiger charge is 2.23. The summed E-state index contributed by atoms with van der Waals surface area (Å²) in [7, 11) is 0.924. The van der Waals surface area contributed by atoms with Crippen molar-refractivity contribution in [1.29, 1.82) is 0 Å². The van der Waals surface area contributed by atoms with Crippen LogP contribution in [0.4, 0.5) is 0 Å². The normalized spacial score (nSPS) is 16.4. The molecule has 1 atom stereocenters. The molecular weight excluding hydrogens is 161 g/mol. The largest absolute Gasteiger partial charge is 0.317 e. The molecule has 0 radical (unpaired) electrons. The number of allylic oxidation sites excluding steroid dienone is 1. The van der Waals surface area contributed by atoms with Gasteiger partial charge in [0.1, 0.15) is 0 Å². The van der Waals surface area contributed by atoms with Gasteiger partial charge in [-0.05, 0) is 21.0 Å². The highest BCUT2D eigenvalue weighted by molar-refractivity contribution is 7.56. The molecule has 0 fully saturated rings. The molecule has 0 aromatic heterocycles. The predicted octanol–water partition coefficient (Wildman–Crippen LogP) is 1.96. The molecule has 0 saturated carbocycles. The number of nitrogens with zero attached hydrogens (tertiary/aromatic N) is 1. The van der Waals surface area contributed by atoms with E-state index in [1.54, 1.807) is 24.8 Å². The van der Waals surface area contributed by atoms with Gasteiger partial charge in [0.25, 0.3) is 7.52 Å². The van der Waals surface area contributed by atoms with Gasteiger partial charge in [-0.15, -0.1) is 6.58 Å². The van der Waals surface area contributed by atoms with Crippen LogP contribution in [-0.4, -0.2) is 31.5 Å². The van der Waals surface area contributed by atoms with E-state index >= 15 is 0 Å². The van der Waals surface area contributed by atoms with Crippen LogP contribution < -0.4 is 0 Å². The Bertz CT molecular complexity index is 168. The maximum absolute atomic E-state index is 11.7. The minimum absolute atomic E-state index is 0.411. The van der Waals surface area contributed by atoms with Crippen LogP contribution in [0.5, 0.6) is 0 Å². The van der Waals surface area contributed by atoms with Crippen molar-refractivity contribution < 1.29 is 9.09 Å². The van der Waals surface area contributed by atoms with Crippen LogP contribution in [0.1, 0.15) is 6.92 Å². The first kappa shape index (κ1) is 10.9. The van der Waals surface area contributed by atoms with Gasteiger partial charge in [0.05, 0.1) is 12.8 Å². The second-order valence-electron chi connectivity index (χ2n) is 2.37. The Balaban J connectivity index is 4.25. The molecule has 0 aliphatic carbocycles. The van der Waals surface area contributed by atoms with E-state index in [2.05, 4.69) is 6.58 Å². The van der Waals surface area contributed by atoms with Gasteiger partial charge in [0.15, 0.2) is 0 Å². The summed E-state index contributed by atoms with van der Waals surface area (Å²) in [6, 6.07) is 0. The quantitative estimate of drug-likeness (QED) is 0.475. The van der Waals surface area contributed by atoms with Crippen molar-refractivity contribution in [3.8, 4) is 0 Å². The first-order valence-corrected chi connectivity index (χ1v) is 5.35. The summed E-state index contributed by atoms with van der Waals surface area (Å²) < 4.78 is 18.5. The van der Waals surface area contributed by atoms with Crippen molar-refractivity contribution in [3.63, 3.8) is 0 Å². The molecule has 66 valence electrons. The Kier molecular flexibility index (Phi) is 4.66. The van der Waals surface area contributed by atoms with Gasteiger partial charge in [-0.3, -0.25) is 4.57 Å². The molecule has 1 unspecified atom stereocenters. The molecule has 0 N–H and O–H groups in total. The van der Waals surface area contributed by atoms with Crippen LogP contribution in [0.3, 0.4) is 0 Å². The monoisotopic (exact) mass is 177 g/mol. The lowest BCUT2D eigenvalue weighted by Gasteiger charge is -2.22. The summed E-state index contributed by atoms with van der Waals surface area (Å²) in [6.45, 7) is 5.84.